The van der Waals surface area contributed by atoms with Crippen LogP contribution in [0.5, 0.6) is 0 Å². The number of halogens is 1. The molecule has 0 bridgehead atoms. The highest BCUT2D eigenvalue weighted by molar-refractivity contribution is 9.10. The van der Waals surface area contributed by atoms with Crippen LogP contribution >= 0.6 is 15.9 Å². The zero-order valence-corrected chi connectivity index (χ0v) is 13.7. The van der Waals surface area contributed by atoms with Gasteiger partial charge in [0.25, 0.3) is 0 Å². The van der Waals surface area contributed by atoms with E-state index in [2.05, 4.69) is 26.8 Å². The molecule has 0 saturated carbocycles. The molecule has 1 aromatic heterocycles. The number of carbonyl (C=O) groups excluding carboxylic acids is 2. The average molecular weight is 342 g/mol. The first-order chi connectivity index (χ1) is 9.63. The number of nitrogens with one attached hydrogen (secondary N) is 2. The van der Waals surface area contributed by atoms with Gasteiger partial charge < -0.3 is 4.79 Å². The average Bonchev–Trinajstić information content (AvgIpc) is 2.85. The Balaban J connectivity index is 0.000000641. The summed E-state index contributed by atoms with van der Waals surface area (Å²) in [5.41, 5.74) is 6.00. The Morgan fingerprint density at radius 2 is 1.90 bits per heavy atom. The summed E-state index contributed by atoms with van der Waals surface area (Å²) < 4.78 is 2.56. The van der Waals surface area contributed by atoms with Gasteiger partial charge in [-0.05, 0) is 31.2 Å². The number of aldehydes is 1. The molecule has 0 saturated heterocycles. The topological polar surface area (TPSA) is 63.1 Å². The molecule has 1 amide bonds. The minimum Gasteiger partial charge on any atom is -0.304 e. The number of amides is 1. The van der Waals surface area contributed by atoms with Crippen LogP contribution in [-0.4, -0.2) is 23.9 Å². The molecule has 0 aliphatic carbocycles. The van der Waals surface area contributed by atoms with Gasteiger partial charge in [-0.3, -0.25) is 9.99 Å². The quantitative estimate of drug-likeness (QED) is 0.617. The number of aromatic nitrogens is 1. The Bertz CT molecular complexity index is 552. The molecule has 110 valence electrons. The Kier molecular flexibility index (Phi) is 9.32. The van der Waals surface area contributed by atoms with Crippen molar-refractivity contribution >= 4 is 39.2 Å². The van der Waals surface area contributed by atoms with E-state index in [-0.39, 0.29) is 6.03 Å². The van der Waals surface area contributed by atoms with Gasteiger partial charge in [-0.15, -0.1) is 0 Å². The third-order valence-corrected chi connectivity index (χ3v) is 2.60. The summed E-state index contributed by atoms with van der Waals surface area (Å²) >= 11 is 3.39. The van der Waals surface area contributed by atoms with Crippen LogP contribution in [-0.2, 0) is 4.79 Å². The maximum atomic E-state index is 11.6. The number of rotatable bonds is 1. The van der Waals surface area contributed by atoms with E-state index >= 15 is 0 Å². The first-order valence-electron chi connectivity index (χ1n) is 6.27. The molecule has 0 aliphatic rings. The molecule has 20 heavy (non-hydrogen) atoms. The minimum atomic E-state index is -0.199. The van der Waals surface area contributed by atoms with E-state index in [4.69, 9.17) is 4.79 Å². The van der Waals surface area contributed by atoms with Crippen LogP contribution in [0.25, 0.3) is 10.9 Å². The van der Waals surface area contributed by atoms with Gasteiger partial charge in [0, 0.05) is 23.1 Å². The van der Waals surface area contributed by atoms with Crippen molar-refractivity contribution in [3.63, 3.8) is 0 Å². The number of hydrogen-bond acceptors (Lipinski definition) is 3. The van der Waals surface area contributed by atoms with Crippen molar-refractivity contribution in [2.75, 3.05) is 7.05 Å². The zero-order valence-electron chi connectivity index (χ0n) is 12.1. The first kappa shape index (κ1) is 18.3. The predicted molar refractivity (Wildman–Crippen MR) is 85.7 cm³/mol. The van der Waals surface area contributed by atoms with Gasteiger partial charge in [0.15, 0.2) is 0 Å². The van der Waals surface area contributed by atoms with Crippen LogP contribution in [0.1, 0.15) is 20.8 Å². The normalized spacial score (nSPS) is 8.85. The van der Waals surface area contributed by atoms with Crippen molar-refractivity contribution in [1.82, 2.24) is 15.4 Å². The Morgan fingerprint density at radius 1 is 1.30 bits per heavy atom. The molecule has 0 aliphatic heterocycles. The Morgan fingerprint density at radius 3 is 2.45 bits per heavy atom. The smallest absolute Gasteiger partial charge is 0.304 e. The second kappa shape index (κ2) is 10.2. The third-order valence-electron chi connectivity index (χ3n) is 2.10. The minimum absolute atomic E-state index is 0.199. The van der Waals surface area contributed by atoms with Crippen LogP contribution in [0.4, 0.5) is 4.79 Å². The van der Waals surface area contributed by atoms with Crippen molar-refractivity contribution in [1.29, 1.82) is 0 Å². The van der Waals surface area contributed by atoms with Gasteiger partial charge >= 0.3 is 6.03 Å². The van der Waals surface area contributed by atoms with Gasteiger partial charge in [-0.1, -0.05) is 29.8 Å². The van der Waals surface area contributed by atoms with E-state index in [1.54, 1.807) is 17.8 Å². The van der Waals surface area contributed by atoms with Crippen molar-refractivity contribution < 1.29 is 9.59 Å². The molecule has 1 heterocycles. The van der Waals surface area contributed by atoms with Crippen molar-refractivity contribution in [3.05, 3.63) is 34.9 Å². The monoisotopic (exact) mass is 341 g/mol. The van der Waals surface area contributed by atoms with E-state index in [1.807, 2.05) is 38.1 Å². The van der Waals surface area contributed by atoms with Gasteiger partial charge in [0.05, 0.1) is 5.52 Å². The molecule has 5 nitrogen and oxygen atoms in total. The molecule has 0 unspecified atom stereocenters. The lowest BCUT2D eigenvalue weighted by Gasteiger charge is -2.04. The molecule has 6 heteroatoms. The lowest BCUT2D eigenvalue weighted by Crippen LogP contribution is -2.37. The summed E-state index contributed by atoms with van der Waals surface area (Å²) in [6, 6.07) is 7.48. The number of hydrogen-bond donors (Lipinski definition) is 2. The maximum absolute atomic E-state index is 11.6. The molecule has 0 atom stereocenters. The molecular weight excluding hydrogens is 322 g/mol. The number of hydrazine groups is 1. The fourth-order valence-electron chi connectivity index (χ4n) is 1.46. The van der Waals surface area contributed by atoms with Gasteiger partial charge in [0.1, 0.15) is 6.29 Å². The number of fused-ring (bicyclic) bond motifs is 1. The first-order valence-corrected chi connectivity index (χ1v) is 7.06. The van der Waals surface area contributed by atoms with Crippen molar-refractivity contribution in [3.8, 4) is 0 Å². The summed E-state index contributed by atoms with van der Waals surface area (Å²) in [6.07, 6.45) is 2.49. The van der Waals surface area contributed by atoms with Crippen molar-refractivity contribution in [2.24, 2.45) is 0 Å². The standard InChI is InChI=1S/C10H10BrN3O.C2H4O.C2H6/c1-12-13-10(15)14-5-4-7-6-8(11)2-3-9(7)14;1-2-3;1-2/h2-6,12H,1H3,(H,13,15);2H,1H3;1-2H3. The van der Waals surface area contributed by atoms with E-state index in [0.717, 1.165) is 21.7 Å². The zero-order chi connectivity index (χ0) is 15.5. The molecule has 2 aromatic rings. The second-order valence-electron chi connectivity index (χ2n) is 3.30. The number of nitrogens with zero attached hydrogens (tertiary/aromatic N) is 1. The highest BCUT2D eigenvalue weighted by Gasteiger charge is 2.07. The lowest BCUT2D eigenvalue weighted by molar-refractivity contribution is -0.106. The molecule has 0 radical (unpaired) electrons. The van der Waals surface area contributed by atoms with Crippen LogP contribution in [0.3, 0.4) is 0 Å². The molecular formula is C14H20BrN3O2. The fraction of sp³-hybridized carbons (Fsp3) is 0.286. The van der Waals surface area contributed by atoms with Crippen LogP contribution in [0.15, 0.2) is 34.9 Å². The van der Waals surface area contributed by atoms with E-state index in [1.165, 1.54) is 6.92 Å². The van der Waals surface area contributed by atoms with E-state index in [0.29, 0.717) is 0 Å². The van der Waals surface area contributed by atoms with Gasteiger partial charge in [-0.2, -0.15) is 0 Å². The third kappa shape index (κ3) is 5.14. The SMILES string of the molecule is CC.CC=O.CNNC(=O)n1ccc2cc(Br)ccc21. The second-order valence-corrected chi connectivity index (χ2v) is 4.22. The summed E-state index contributed by atoms with van der Waals surface area (Å²) in [5, 5.41) is 1.02. The summed E-state index contributed by atoms with van der Waals surface area (Å²) in [6.45, 7) is 5.44. The summed E-state index contributed by atoms with van der Waals surface area (Å²) in [7, 11) is 1.65. The van der Waals surface area contributed by atoms with E-state index in [9.17, 15) is 4.79 Å². The van der Waals surface area contributed by atoms with Gasteiger partial charge in [-0.25, -0.2) is 10.2 Å². The number of benzene rings is 1. The highest BCUT2D eigenvalue weighted by Crippen LogP contribution is 2.20. The van der Waals surface area contributed by atoms with Crippen molar-refractivity contribution in [2.45, 2.75) is 20.8 Å². The molecule has 0 spiro atoms. The predicted octanol–water partition coefficient (Wildman–Crippen LogP) is 3.33. The van der Waals surface area contributed by atoms with Gasteiger partial charge in [0.2, 0.25) is 0 Å². The fourth-order valence-corrected chi connectivity index (χ4v) is 1.84. The molecule has 1 aromatic carbocycles. The van der Waals surface area contributed by atoms with E-state index < -0.39 is 0 Å². The van der Waals surface area contributed by atoms with Crippen LogP contribution in [0, 0.1) is 0 Å². The number of carbonyl (C=O) groups is 2. The summed E-state index contributed by atoms with van der Waals surface area (Å²) in [4.78, 5) is 20.4. The summed E-state index contributed by atoms with van der Waals surface area (Å²) in [5.74, 6) is 0. The molecule has 0 fully saturated rings. The lowest BCUT2D eigenvalue weighted by atomic mass is 10.2. The maximum Gasteiger partial charge on any atom is 0.340 e. The Labute approximate surface area is 127 Å². The van der Waals surface area contributed by atoms with Crippen LogP contribution < -0.4 is 10.9 Å². The molecule has 2 N–H and O–H groups in total. The van der Waals surface area contributed by atoms with Crippen LogP contribution in [0.2, 0.25) is 0 Å². The highest BCUT2D eigenvalue weighted by atomic mass is 79.9. The molecule has 2 rings (SSSR count). The largest absolute Gasteiger partial charge is 0.340 e. The Hall–Kier alpha value is -1.66.